The highest BCUT2D eigenvalue weighted by Crippen LogP contribution is 2.29. The van der Waals surface area contributed by atoms with Gasteiger partial charge in [0, 0.05) is 12.1 Å². The second kappa shape index (κ2) is 4.84. The molecule has 0 bridgehead atoms. The van der Waals surface area contributed by atoms with E-state index in [1.165, 1.54) is 0 Å². The highest BCUT2D eigenvalue weighted by molar-refractivity contribution is 9.10. The Hall–Kier alpha value is -1.08. The maximum atomic E-state index is 13.5. The Kier molecular flexibility index (Phi) is 3.93. The molecule has 0 heterocycles. The second-order valence-electron chi connectivity index (χ2n) is 3.02. The predicted molar refractivity (Wildman–Crippen MR) is 53.4 cm³/mol. The zero-order valence-electron chi connectivity index (χ0n) is 7.81. The van der Waals surface area contributed by atoms with Crippen molar-refractivity contribution >= 4 is 21.9 Å². The molecule has 1 unspecified atom stereocenters. The van der Waals surface area contributed by atoms with Gasteiger partial charge in [0.05, 0.1) is 10.4 Å². The van der Waals surface area contributed by atoms with Gasteiger partial charge in [0.1, 0.15) is 5.82 Å². The number of carbonyl (C=O) groups is 1. The largest absolute Gasteiger partial charge is 0.481 e. The van der Waals surface area contributed by atoms with Gasteiger partial charge in [-0.2, -0.15) is 0 Å². The number of benzene rings is 1. The summed E-state index contributed by atoms with van der Waals surface area (Å²) < 4.78 is 38.6. The summed E-state index contributed by atoms with van der Waals surface area (Å²) in [6.45, 7) is -0.413. The van der Waals surface area contributed by atoms with Crippen LogP contribution in [0.15, 0.2) is 10.5 Å². The first-order valence-corrected chi connectivity index (χ1v) is 4.95. The van der Waals surface area contributed by atoms with Gasteiger partial charge in [0.15, 0.2) is 11.6 Å². The van der Waals surface area contributed by atoms with E-state index in [0.717, 1.165) is 0 Å². The Morgan fingerprint density at radius 3 is 2.44 bits per heavy atom. The number of hydrogen-bond donors (Lipinski definition) is 2. The lowest BCUT2D eigenvalue weighted by Crippen LogP contribution is -2.22. The average Bonchev–Trinajstić information content (AvgIpc) is 2.23. The third kappa shape index (κ3) is 2.19. The van der Waals surface area contributed by atoms with Crippen molar-refractivity contribution in [2.24, 2.45) is 5.73 Å². The third-order valence-corrected chi connectivity index (χ3v) is 2.74. The maximum absolute atomic E-state index is 13.5. The summed E-state index contributed by atoms with van der Waals surface area (Å²) in [5, 5.41) is 8.72. The summed E-state index contributed by atoms with van der Waals surface area (Å²) in [6.07, 6.45) is 0. The molecule has 16 heavy (non-hydrogen) atoms. The van der Waals surface area contributed by atoms with Crippen molar-refractivity contribution in [2.45, 2.75) is 5.92 Å². The van der Waals surface area contributed by atoms with Gasteiger partial charge in [0.2, 0.25) is 0 Å². The van der Waals surface area contributed by atoms with E-state index in [1.807, 2.05) is 0 Å². The fraction of sp³-hybridized carbons (Fsp3) is 0.222. The molecule has 3 nitrogen and oxygen atoms in total. The van der Waals surface area contributed by atoms with Crippen molar-refractivity contribution in [1.29, 1.82) is 0 Å². The van der Waals surface area contributed by atoms with Crippen LogP contribution in [0.1, 0.15) is 11.5 Å². The van der Waals surface area contributed by atoms with Gasteiger partial charge < -0.3 is 10.8 Å². The molecule has 0 spiro atoms. The van der Waals surface area contributed by atoms with Crippen LogP contribution in [0.2, 0.25) is 0 Å². The summed E-state index contributed by atoms with van der Waals surface area (Å²) in [6, 6.07) is 0.501. The molecule has 0 radical (unpaired) electrons. The minimum Gasteiger partial charge on any atom is -0.481 e. The summed E-state index contributed by atoms with van der Waals surface area (Å²) in [5.74, 6) is -6.70. The number of nitrogens with two attached hydrogens (primary N) is 1. The topological polar surface area (TPSA) is 63.3 Å². The molecule has 1 aromatic rings. The molecule has 0 aromatic heterocycles. The Morgan fingerprint density at radius 2 is 2.00 bits per heavy atom. The van der Waals surface area contributed by atoms with Gasteiger partial charge in [0.25, 0.3) is 0 Å². The van der Waals surface area contributed by atoms with E-state index >= 15 is 0 Å². The summed E-state index contributed by atoms with van der Waals surface area (Å²) >= 11 is 2.50. The fourth-order valence-electron chi connectivity index (χ4n) is 1.21. The molecule has 0 saturated heterocycles. The van der Waals surface area contributed by atoms with E-state index < -0.39 is 45.9 Å². The molecule has 0 aliphatic heterocycles. The van der Waals surface area contributed by atoms with Crippen LogP contribution < -0.4 is 5.73 Å². The molecule has 1 atom stereocenters. The van der Waals surface area contributed by atoms with E-state index in [1.54, 1.807) is 0 Å². The Bertz CT molecular complexity index is 439. The molecule has 1 aromatic carbocycles. The molecule has 0 fully saturated rings. The van der Waals surface area contributed by atoms with Crippen LogP contribution in [0.3, 0.4) is 0 Å². The van der Waals surface area contributed by atoms with Crippen LogP contribution in [0.5, 0.6) is 0 Å². The molecule has 3 N–H and O–H groups in total. The predicted octanol–water partition coefficient (Wildman–Crippen LogP) is 1.99. The highest BCUT2D eigenvalue weighted by Gasteiger charge is 2.26. The molecular formula is C9H7BrF3NO2. The summed E-state index contributed by atoms with van der Waals surface area (Å²) in [7, 11) is 0. The molecule has 0 aliphatic rings. The first-order chi connectivity index (χ1) is 7.40. The van der Waals surface area contributed by atoms with E-state index in [9.17, 15) is 18.0 Å². The highest BCUT2D eigenvalue weighted by atomic mass is 79.9. The maximum Gasteiger partial charge on any atom is 0.312 e. The van der Waals surface area contributed by atoms with E-state index in [2.05, 4.69) is 15.9 Å². The first kappa shape index (κ1) is 13.0. The van der Waals surface area contributed by atoms with Crippen molar-refractivity contribution in [3.63, 3.8) is 0 Å². The van der Waals surface area contributed by atoms with Crippen molar-refractivity contribution < 1.29 is 23.1 Å². The van der Waals surface area contributed by atoms with Crippen LogP contribution in [0, 0.1) is 17.5 Å². The number of hydrogen-bond acceptors (Lipinski definition) is 2. The Labute approximate surface area is 97.2 Å². The molecular weight excluding hydrogens is 291 g/mol. The first-order valence-electron chi connectivity index (χ1n) is 4.15. The van der Waals surface area contributed by atoms with E-state index in [-0.39, 0.29) is 0 Å². The van der Waals surface area contributed by atoms with Crippen LogP contribution in [0.4, 0.5) is 13.2 Å². The number of rotatable bonds is 3. The molecule has 7 heteroatoms. The van der Waals surface area contributed by atoms with Crippen LogP contribution in [0.25, 0.3) is 0 Å². The van der Waals surface area contributed by atoms with Gasteiger partial charge in [-0.25, -0.2) is 13.2 Å². The van der Waals surface area contributed by atoms with Gasteiger partial charge in [-0.1, -0.05) is 0 Å². The van der Waals surface area contributed by atoms with Gasteiger partial charge in [-0.15, -0.1) is 0 Å². The summed E-state index contributed by atoms with van der Waals surface area (Å²) in [5.41, 5.74) is 4.65. The molecule has 0 amide bonds. The average molecular weight is 298 g/mol. The monoisotopic (exact) mass is 297 g/mol. The Morgan fingerprint density at radius 1 is 1.44 bits per heavy atom. The van der Waals surface area contributed by atoms with Gasteiger partial charge in [-0.05, 0) is 22.0 Å². The fourth-order valence-corrected chi connectivity index (χ4v) is 1.62. The van der Waals surface area contributed by atoms with Crippen molar-refractivity contribution in [3.05, 3.63) is 33.6 Å². The lowest BCUT2D eigenvalue weighted by atomic mass is 9.98. The minimum atomic E-state index is -1.41. The molecule has 0 saturated carbocycles. The molecule has 88 valence electrons. The number of aliphatic carboxylic acids is 1. The standard InChI is InChI=1S/C9H7BrF3NO2/c10-6-7(12)3(1-5(11)8(6)13)4(2-14)9(15)16/h1,4H,2,14H2,(H,15,16). The SMILES string of the molecule is NCC(C(=O)O)c1cc(F)c(F)c(Br)c1F. The van der Waals surface area contributed by atoms with Crippen molar-refractivity contribution in [1.82, 2.24) is 0 Å². The third-order valence-electron chi connectivity index (χ3n) is 2.04. The van der Waals surface area contributed by atoms with Crippen molar-refractivity contribution in [2.75, 3.05) is 6.54 Å². The summed E-state index contributed by atoms with van der Waals surface area (Å²) in [4.78, 5) is 10.7. The molecule has 1 rings (SSSR count). The van der Waals surface area contributed by atoms with E-state index in [4.69, 9.17) is 10.8 Å². The van der Waals surface area contributed by atoms with Crippen molar-refractivity contribution in [3.8, 4) is 0 Å². The lowest BCUT2D eigenvalue weighted by molar-refractivity contribution is -0.138. The van der Waals surface area contributed by atoms with E-state index in [0.29, 0.717) is 6.07 Å². The van der Waals surface area contributed by atoms with Gasteiger partial charge >= 0.3 is 5.97 Å². The minimum absolute atomic E-state index is 0.413. The van der Waals surface area contributed by atoms with Crippen LogP contribution in [-0.4, -0.2) is 17.6 Å². The molecule has 0 aliphatic carbocycles. The number of carboxylic acid groups (broad SMARTS) is 1. The van der Waals surface area contributed by atoms with Crippen LogP contribution >= 0.6 is 15.9 Å². The zero-order chi connectivity index (χ0) is 12.5. The smallest absolute Gasteiger partial charge is 0.312 e. The zero-order valence-corrected chi connectivity index (χ0v) is 9.39. The normalized spacial score (nSPS) is 12.6. The quantitative estimate of drug-likeness (QED) is 0.662. The number of carboxylic acids is 1. The Balaban J connectivity index is 3.39. The second-order valence-corrected chi connectivity index (χ2v) is 3.81. The van der Waals surface area contributed by atoms with Gasteiger partial charge in [-0.3, -0.25) is 4.79 Å². The lowest BCUT2D eigenvalue weighted by Gasteiger charge is -2.12. The van der Waals surface area contributed by atoms with Crippen LogP contribution in [-0.2, 0) is 4.79 Å². The number of halogens is 4.